The van der Waals surface area contributed by atoms with Gasteiger partial charge in [0, 0.05) is 18.8 Å². The van der Waals surface area contributed by atoms with Crippen molar-refractivity contribution >= 4 is 51.5 Å². The summed E-state index contributed by atoms with van der Waals surface area (Å²) in [7, 11) is 0. The van der Waals surface area contributed by atoms with Crippen molar-refractivity contribution in [3.8, 4) is 0 Å². The summed E-state index contributed by atoms with van der Waals surface area (Å²) >= 11 is 7.11. The molecule has 4 amide bonds. The van der Waals surface area contributed by atoms with E-state index in [2.05, 4.69) is 16.0 Å². The number of hydrogen-bond acceptors (Lipinski definition) is 5. The van der Waals surface area contributed by atoms with E-state index >= 15 is 0 Å². The number of nitrogens with zero attached hydrogens (tertiary/aromatic N) is 1. The summed E-state index contributed by atoms with van der Waals surface area (Å²) in [6.45, 7) is 3.41. The first-order chi connectivity index (χ1) is 15.0. The molecule has 1 aromatic carbocycles. The predicted molar refractivity (Wildman–Crippen MR) is 122 cm³/mol. The highest BCUT2D eigenvalue weighted by atomic mass is 35.5. The lowest BCUT2D eigenvalue weighted by atomic mass is 10.1. The standard InChI is InChI=1S/C21H25ClN4O4S/c1-2-3-16(24-21(29)25-18-9-8-17(22)31-18)20(28)23-12-14-4-6-15(7-5-14)26-10-11-30-13-19(26)27/h4-9,16H,2-3,10-13H2,1H3,(H,23,28)(H2,24,25,29). The molecule has 0 aliphatic carbocycles. The first-order valence-corrected chi connectivity index (χ1v) is 11.2. The van der Waals surface area contributed by atoms with Crippen molar-refractivity contribution in [2.75, 3.05) is 30.0 Å². The van der Waals surface area contributed by atoms with Gasteiger partial charge >= 0.3 is 6.03 Å². The highest BCUT2D eigenvalue weighted by Crippen LogP contribution is 2.25. The Hall–Kier alpha value is -2.62. The number of morpholine rings is 1. The number of benzene rings is 1. The number of anilines is 2. The topological polar surface area (TPSA) is 99.8 Å². The van der Waals surface area contributed by atoms with Crippen LogP contribution in [-0.4, -0.2) is 43.6 Å². The van der Waals surface area contributed by atoms with Crippen molar-refractivity contribution in [3.05, 3.63) is 46.3 Å². The van der Waals surface area contributed by atoms with Gasteiger partial charge in [0.1, 0.15) is 12.6 Å². The Morgan fingerprint density at radius 1 is 1.23 bits per heavy atom. The van der Waals surface area contributed by atoms with Gasteiger partial charge in [0.05, 0.1) is 15.9 Å². The lowest BCUT2D eigenvalue weighted by molar-refractivity contribution is -0.125. The Labute approximate surface area is 189 Å². The van der Waals surface area contributed by atoms with Crippen molar-refractivity contribution in [2.45, 2.75) is 32.4 Å². The van der Waals surface area contributed by atoms with E-state index in [0.717, 1.165) is 17.7 Å². The van der Waals surface area contributed by atoms with Gasteiger partial charge in [-0.3, -0.25) is 14.9 Å². The quantitative estimate of drug-likeness (QED) is 0.557. The number of halogens is 1. The molecular weight excluding hydrogens is 440 g/mol. The smallest absolute Gasteiger partial charge is 0.320 e. The molecule has 2 aromatic rings. The van der Waals surface area contributed by atoms with Gasteiger partial charge in [0.2, 0.25) is 5.91 Å². The van der Waals surface area contributed by atoms with Gasteiger partial charge in [-0.05, 0) is 36.2 Å². The summed E-state index contributed by atoms with van der Waals surface area (Å²) in [5.74, 6) is -0.322. The van der Waals surface area contributed by atoms with Crippen LogP contribution in [-0.2, 0) is 20.9 Å². The van der Waals surface area contributed by atoms with E-state index in [1.165, 1.54) is 11.3 Å². The van der Waals surface area contributed by atoms with Crippen LogP contribution in [0.1, 0.15) is 25.3 Å². The van der Waals surface area contributed by atoms with Crippen molar-refractivity contribution in [2.24, 2.45) is 0 Å². The van der Waals surface area contributed by atoms with Gasteiger partial charge in [0.15, 0.2) is 0 Å². The van der Waals surface area contributed by atoms with E-state index in [1.807, 2.05) is 31.2 Å². The Morgan fingerprint density at radius 3 is 2.65 bits per heavy atom. The van der Waals surface area contributed by atoms with Crippen molar-refractivity contribution in [1.29, 1.82) is 0 Å². The summed E-state index contributed by atoms with van der Waals surface area (Å²) in [4.78, 5) is 38.5. The molecule has 10 heteroatoms. The van der Waals surface area contributed by atoms with Gasteiger partial charge in [-0.2, -0.15) is 0 Å². The van der Waals surface area contributed by atoms with Gasteiger partial charge in [-0.15, -0.1) is 11.3 Å². The summed E-state index contributed by atoms with van der Waals surface area (Å²) < 4.78 is 5.72. The minimum absolute atomic E-state index is 0.0659. The number of urea groups is 1. The minimum Gasteiger partial charge on any atom is -0.370 e. The zero-order chi connectivity index (χ0) is 22.2. The van der Waals surface area contributed by atoms with Crippen LogP contribution >= 0.6 is 22.9 Å². The Bertz CT molecular complexity index is 918. The van der Waals surface area contributed by atoms with E-state index in [9.17, 15) is 14.4 Å². The molecule has 166 valence electrons. The van der Waals surface area contributed by atoms with Crippen LogP contribution in [0.25, 0.3) is 0 Å². The third kappa shape index (κ3) is 6.68. The zero-order valence-corrected chi connectivity index (χ0v) is 18.7. The van der Waals surface area contributed by atoms with Crippen LogP contribution in [0.15, 0.2) is 36.4 Å². The van der Waals surface area contributed by atoms with E-state index < -0.39 is 12.1 Å². The lowest BCUT2D eigenvalue weighted by Crippen LogP contribution is -2.47. The zero-order valence-electron chi connectivity index (χ0n) is 17.2. The van der Waals surface area contributed by atoms with Gasteiger partial charge in [0.25, 0.3) is 5.91 Å². The highest BCUT2D eigenvalue weighted by molar-refractivity contribution is 7.20. The van der Waals surface area contributed by atoms with Crippen molar-refractivity contribution < 1.29 is 19.1 Å². The molecule has 1 saturated heterocycles. The Balaban J connectivity index is 1.52. The fourth-order valence-electron chi connectivity index (χ4n) is 3.14. The number of nitrogens with one attached hydrogen (secondary N) is 3. The van der Waals surface area contributed by atoms with Crippen LogP contribution in [0, 0.1) is 0 Å². The lowest BCUT2D eigenvalue weighted by Gasteiger charge is -2.27. The molecule has 1 unspecified atom stereocenters. The second kappa shape index (κ2) is 11.1. The van der Waals surface area contributed by atoms with E-state index in [-0.39, 0.29) is 18.4 Å². The van der Waals surface area contributed by atoms with E-state index in [1.54, 1.807) is 17.0 Å². The van der Waals surface area contributed by atoms with E-state index in [0.29, 0.717) is 35.5 Å². The molecular formula is C21H25ClN4O4S. The maximum absolute atomic E-state index is 12.6. The SMILES string of the molecule is CCCC(NC(=O)Nc1ccc(Cl)s1)C(=O)NCc1ccc(N2CCOCC2=O)cc1. The Kier molecular flexibility index (Phi) is 8.27. The van der Waals surface area contributed by atoms with Gasteiger partial charge in [-0.25, -0.2) is 4.79 Å². The Morgan fingerprint density at radius 2 is 2.00 bits per heavy atom. The number of carbonyl (C=O) groups is 3. The second-order valence-corrected chi connectivity index (χ2v) is 8.74. The number of ether oxygens (including phenoxy) is 1. The summed E-state index contributed by atoms with van der Waals surface area (Å²) in [6, 6.07) is 9.74. The fourth-order valence-corrected chi connectivity index (χ4v) is 4.08. The summed E-state index contributed by atoms with van der Waals surface area (Å²) in [5.41, 5.74) is 1.70. The molecule has 3 rings (SSSR count). The average molecular weight is 465 g/mol. The monoisotopic (exact) mass is 464 g/mol. The number of amides is 4. The molecule has 1 aromatic heterocycles. The minimum atomic E-state index is -0.648. The average Bonchev–Trinajstić information content (AvgIpc) is 3.17. The van der Waals surface area contributed by atoms with Crippen LogP contribution in [0.5, 0.6) is 0 Å². The molecule has 1 aliphatic rings. The summed E-state index contributed by atoms with van der Waals surface area (Å²) in [5, 5.41) is 8.87. The van der Waals surface area contributed by atoms with Crippen molar-refractivity contribution in [1.82, 2.24) is 10.6 Å². The molecule has 2 heterocycles. The third-order valence-corrected chi connectivity index (χ3v) is 5.86. The molecule has 1 aliphatic heterocycles. The first-order valence-electron chi connectivity index (χ1n) is 10.0. The fraction of sp³-hybridized carbons (Fsp3) is 0.381. The van der Waals surface area contributed by atoms with Crippen LogP contribution in [0.4, 0.5) is 15.5 Å². The second-order valence-electron chi connectivity index (χ2n) is 7.03. The molecule has 1 atom stereocenters. The maximum atomic E-state index is 12.6. The normalized spacial score (nSPS) is 14.8. The van der Waals surface area contributed by atoms with E-state index in [4.69, 9.17) is 16.3 Å². The van der Waals surface area contributed by atoms with Crippen LogP contribution < -0.4 is 20.9 Å². The molecule has 0 saturated carbocycles. The molecule has 8 nitrogen and oxygen atoms in total. The summed E-state index contributed by atoms with van der Waals surface area (Å²) in [6.07, 6.45) is 1.26. The largest absolute Gasteiger partial charge is 0.370 e. The molecule has 3 N–H and O–H groups in total. The third-order valence-electron chi connectivity index (χ3n) is 4.71. The van der Waals surface area contributed by atoms with Gasteiger partial charge in [-0.1, -0.05) is 37.1 Å². The van der Waals surface area contributed by atoms with Crippen molar-refractivity contribution in [3.63, 3.8) is 0 Å². The number of hydrogen-bond donors (Lipinski definition) is 3. The maximum Gasteiger partial charge on any atom is 0.320 e. The molecule has 1 fully saturated rings. The molecule has 0 radical (unpaired) electrons. The first kappa shape index (κ1) is 23.1. The molecule has 0 bridgehead atoms. The number of thiophene rings is 1. The molecule has 31 heavy (non-hydrogen) atoms. The van der Waals surface area contributed by atoms with Crippen LogP contribution in [0.3, 0.4) is 0 Å². The molecule has 0 spiro atoms. The predicted octanol–water partition coefficient (Wildman–Crippen LogP) is 3.37. The number of carbonyl (C=O) groups excluding carboxylic acids is 3. The number of rotatable bonds is 8. The van der Waals surface area contributed by atoms with Crippen LogP contribution in [0.2, 0.25) is 4.34 Å². The highest BCUT2D eigenvalue weighted by Gasteiger charge is 2.21. The van der Waals surface area contributed by atoms with Gasteiger partial charge < -0.3 is 20.3 Å².